The van der Waals surface area contributed by atoms with Crippen LogP contribution in [0.2, 0.25) is 5.02 Å². The number of nitrogens with one attached hydrogen (secondary N) is 1. The van der Waals surface area contributed by atoms with Gasteiger partial charge in [-0.15, -0.1) is 0 Å². The number of fused-ring (bicyclic) bond motifs is 1. The first-order valence-electron chi connectivity index (χ1n) is 5.21. The van der Waals surface area contributed by atoms with Gasteiger partial charge in [0, 0.05) is 35.8 Å². The summed E-state index contributed by atoms with van der Waals surface area (Å²) in [5, 5.41) is 8.62. The number of aryl methyl sites for hydroxylation is 1. The Labute approximate surface area is 103 Å². The number of nitrogen functional groups attached to an aromatic ring is 1. The second-order valence-corrected chi connectivity index (χ2v) is 4.43. The summed E-state index contributed by atoms with van der Waals surface area (Å²) in [6.07, 6.45) is 1.90. The molecule has 0 unspecified atom stereocenters. The van der Waals surface area contributed by atoms with Crippen LogP contribution in [-0.2, 0) is 7.05 Å². The van der Waals surface area contributed by atoms with Gasteiger partial charge in [0.2, 0.25) is 0 Å². The highest BCUT2D eigenvalue weighted by Gasteiger charge is 2.07. The number of aromatic nitrogens is 3. The van der Waals surface area contributed by atoms with Crippen LogP contribution in [0.1, 0.15) is 0 Å². The Morgan fingerprint density at radius 3 is 2.88 bits per heavy atom. The summed E-state index contributed by atoms with van der Waals surface area (Å²) in [7, 11) is 1.97. The molecule has 17 heavy (non-hydrogen) atoms. The molecule has 3 aromatic rings. The van der Waals surface area contributed by atoms with E-state index in [0.717, 1.165) is 27.2 Å². The van der Waals surface area contributed by atoms with Gasteiger partial charge in [0.25, 0.3) is 0 Å². The van der Waals surface area contributed by atoms with Crippen molar-refractivity contribution in [1.29, 1.82) is 0 Å². The largest absolute Gasteiger partial charge is 0.382 e. The maximum atomic E-state index is 6.12. The van der Waals surface area contributed by atoms with Crippen LogP contribution in [0.15, 0.2) is 30.5 Å². The van der Waals surface area contributed by atoms with Crippen LogP contribution in [0.5, 0.6) is 0 Å². The molecule has 3 rings (SSSR count). The maximum Gasteiger partial charge on any atom is 0.145 e. The fraction of sp³-hybridized carbons (Fsp3) is 0.0833. The van der Waals surface area contributed by atoms with Gasteiger partial charge in [-0.1, -0.05) is 23.7 Å². The van der Waals surface area contributed by atoms with Crippen molar-refractivity contribution < 1.29 is 0 Å². The minimum atomic E-state index is 0.491. The van der Waals surface area contributed by atoms with E-state index in [1.54, 1.807) is 0 Å². The summed E-state index contributed by atoms with van der Waals surface area (Å²) >= 11 is 6.12. The first kappa shape index (κ1) is 10.2. The Kier molecular flexibility index (Phi) is 2.12. The Morgan fingerprint density at radius 2 is 2.18 bits per heavy atom. The molecule has 0 aliphatic rings. The summed E-state index contributed by atoms with van der Waals surface area (Å²) in [4.78, 5) is 0. The van der Waals surface area contributed by atoms with Crippen LogP contribution >= 0.6 is 11.6 Å². The van der Waals surface area contributed by atoms with Crippen LogP contribution in [0.4, 0.5) is 5.82 Å². The third-order valence-corrected chi connectivity index (χ3v) is 3.15. The molecule has 1 aromatic carbocycles. The minimum absolute atomic E-state index is 0.491. The average Bonchev–Trinajstić information content (AvgIpc) is 2.85. The highest BCUT2D eigenvalue weighted by atomic mass is 35.5. The van der Waals surface area contributed by atoms with Crippen molar-refractivity contribution >= 4 is 28.3 Å². The third-order valence-electron chi connectivity index (χ3n) is 2.85. The van der Waals surface area contributed by atoms with Crippen molar-refractivity contribution in [1.82, 2.24) is 14.8 Å². The predicted octanol–water partition coefficient (Wildman–Crippen LogP) is 2.80. The Balaban J connectivity index is 2.22. The maximum absolute atomic E-state index is 6.12. The number of hydrogen-bond acceptors (Lipinski definition) is 2. The smallest absolute Gasteiger partial charge is 0.145 e. The Morgan fingerprint density at radius 1 is 1.35 bits per heavy atom. The van der Waals surface area contributed by atoms with Crippen molar-refractivity contribution in [3.05, 3.63) is 35.5 Å². The zero-order valence-corrected chi connectivity index (χ0v) is 9.99. The van der Waals surface area contributed by atoms with Crippen LogP contribution in [-0.4, -0.2) is 14.8 Å². The number of hydrogen-bond donors (Lipinski definition) is 2. The van der Waals surface area contributed by atoms with E-state index in [-0.39, 0.29) is 0 Å². The minimum Gasteiger partial charge on any atom is -0.382 e. The lowest BCUT2D eigenvalue weighted by atomic mass is 10.1. The van der Waals surface area contributed by atoms with Gasteiger partial charge in [-0.2, -0.15) is 5.10 Å². The van der Waals surface area contributed by atoms with Crippen molar-refractivity contribution in [3.8, 4) is 11.3 Å². The Hall–Kier alpha value is -1.94. The van der Waals surface area contributed by atoms with Crippen molar-refractivity contribution in [3.63, 3.8) is 0 Å². The molecule has 0 fully saturated rings. The second-order valence-electron chi connectivity index (χ2n) is 4.03. The molecule has 0 amide bonds. The molecule has 3 N–H and O–H groups in total. The predicted molar refractivity (Wildman–Crippen MR) is 69.9 cm³/mol. The monoisotopic (exact) mass is 246 g/mol. The summed E-state index contributed by atoms with van der Waals surface area (Å²) < 4.78 is 2.00. The number of anilines is 1. The first-order valence-corrected chi connectivity index (χ1v) is 5.59. The molecule has 86 valence electrons. The zero-order chi connectivity index (χ0) is 12.0. The molecule has 0 aliphatic heterocycles. The fourth-order valence-corrected chi connectivity index (χ4v) is 2.29. The van der Waals surface area contributed by atoms with Crippen LogP contribution in [0.25, 0.3) is 22.2 Å². The molecule has 0 saturated heterocycles. The van der Waals surface area contributed by atoms with Gasteiger partial charge in [0.1, 0.15) is 5.82 Å². The first-order chi connectivity index (χ1) is 8.15. The third kappa shape index (κ3) is 1.57. The SMILES string of the molecule is Cn1cc(Cl)c2ccc(-c3cc(N)n[nH]3)cc21. The van der Waals surface area contributed by atoms with Gasteiger partial charge in [0.05, 0.1) is 10.7 Å². The second kappa shape index (κ2) is 3.53. The summed E-state index contributed by atoms with van der Waals surface area (Å²) in [5.74, 6) is 0.491. The van der Waals surface area contributed by atoms with Crippen molar-refractivity contribution in [2.24, 2.45) is 7.05 Å². The van der Waals surface area contributed by atoms with Crippen LogP contribution < -0.4 is 5.73 Å². The van der Waals surface area contributed by atoms with E-state index in [1.807, 2.05) is 36.0 Å². The standard InChI is InChI=1S/C12H11ClN4/c1-17-6-9(13)8-3-2-7(4-11(8)17)10-5-12(14)16-15-10/h2-6H,1H3,(H3,14,15,16). The molecule has 0 bridgehead atoms. The molecular formula is C12H11ClN4. The summed E-state index contributed by atoms with van der Waals surface area (Å²) in [6, 6.07) is 7.88. The summed E-state index contributed by atoms with van der Waals surface area (Å²) in [5.41, 5.74) is 8.62. The van der Waals surface area contributed by atoms with Gasteiger partial charge in [-0.05, 0) is 6.07 Å². The highest BCUT2D eigenvalue weighted by molar-refractivity contribution is 6.35. The van der Waals surface area contributed by atoms with Crippen molar-refractivity contribution in [2.45, 2.75) is 0 Å². The van der Waals surface area contributed by atoms with E-state index in [4.69, 9.17) is 17.3 Å². The molecule has 0 radical (unpaired) electrons. The fourth-order valence-electron chi connectivity index (χ4n) is 1.99. The van der Waals surface area contributed by atoms with E-state index < -0.39 is 0 Å². The number of halogens is 1. The lowest BCUT2D eigenvalue weighted by molar-refractivity contribution is 0.969. The molecular weight excluding hydrogens is 236 g/mol. The van der Waals surface area contributed by atoms with E-state index in [9.17, 15) is 0 Å². The number of rotatable bonds is 1. The quantitative estimate of drug-likeness (QED) is 0.694. The topological polar surface area (TPSA) is 59.6 Å². The zero-order valence-electron chi connectivity index (χ0n) is 9.24. The highest BCUT2D eigenvalue weighted by Crippen LogP contribution is 2.29. The van der Waals surface area contributed by atoms with Gasteiger partial charge in [-0.3, -0.25) is 5.10 Å². The lowest BCUT2D eigenvalue weighted by Crippen LogP contribution is -1.85. The number of nitrogens with two attached hydrogens (primary N) is 1. The van der Waals surface area contributed by atoms with Crippen molar-refractivity contribution in [2.75, 3.05) is 5.73 Å². The van der Waals surface area contributed by atoms with Gasteiger partial charge < -0.3 is 10.3 Å². The van der Waals surface area contributed by atoms with Gasteiger partial charge in [-0.25, -0.2) is 0 Å². The molecule has 2 heterocycles. The molecule has 2 aromatic heterocycles. The Bertz CT molecular complexity index is 696. The van der Waals surface area contributed by atoms with Gasteiger partial charge >= 0.3 is 0 Å². The van der Waals surface area contributed by atoms with Gasteiger partial charge in [0.15, 0.2) is 0 Å². The molecule has 0 aliphatic carbocycles. The van der Waals surface area contributed by atoms with E-state index in [2.05, 4.69) is 16.3 Å². The van der Waals surface area contributed by atoms with Crippen LogP contribution in [0.3, 0.4) is 0 Å². The number of aromatic amines is 1. The average molecular weight is 247 g/mol. The summed E-state index contributed by atoms with van der Waals surface area (Å²) in [6.45, 7) is 0. The van der Waals surface area contributed by atoms with E-state index >= 15 is 0 Å². The van der Waals surface area contributed by atoms with Crippen LogP contribution in [0, 0.1) is 0 Å². The van der Waals surface area contributed by atoms with E-state index in [1.165, 1.54) is 0 Å². The lowest BCUT2D eigenvalue weighted by Gasteiger charge is -2.00. The molecule has 0 spiro atoms. The number of nitrogens with zero attached hydrogens (tertiary/aromatic N) is 2. The normalized spacial score (nSPS) is 11.2. The molecule has 0 saturated carbocycles. The molecule has 5 heteroatoms. The molecule has 0 atom stereocenters. The van der Waals surface area contributed by atoms with E-state index in [0.29, 0.717) is 5.82 Å². The number of H-pyrrole nitrogens is 1. The number of benzene rings is 1. The molecule has 4 nitrogen and oxygen atoms in total.